The summed E-state index contributed by atoms with van der Waals surface area (Å²) >= 11 is 1.32. The van der Waals surface area contributed by atoms with E-state index in [2.05, 4.69) is 21.0 Å². The van der Waals surface area contributed by atoms with Crippen LogP contribution in [0.25, 0.3) is 21.6 Å². The van der Waals surface area contributed by atoms with Crippen molar-refractivity contribution in [3.8, 4) is 23.3 Å². The summed E-state index contributed by atoms with van der Waals surface area (Å²) in [6.45, 7) is 0. The Hall–Kier alpha value is -3.54. The maximum absolute atomic E-state index is 10.8. The molecule has 0 aliphatic carbocycles. The van der Waals surface area contributed by atoms with E-state index in [1.165, 1.54) is 18.4 Å². The van der Waals surface area contributed by atoms with Crippen LogP contribution in [-0.2, 0) is 0 Å². The Labute approximate surface area is 164 Å². The maximum Gasteiger partial charge on any atom is 0.219 e. The molecule has 1 atom stereocenters. The summed E-state index contributed by atoms with van der Waals surface area (Å²) < 4.78 is 5.24. The summed E-state index contributed by atoms with van der Waals surface area (Å²) in [5.41, 5.74) is 7.93. The number of methoxy groups -OCH3 is 1. The highest BCUT2D eigenvalue weighted by molar-refractivity contribution is 7.18. The highest BCUT2D eigenvalue weighted by atomic mass is 32.1. The van der Waals surface area contributed by atoms with Crippen molar-refractivity contribution in [2.45, 2.75) is 6.10 Å². The summed E-state index contributed by atoms with van der Waals surface area (Å²) in [5, 5.41) is 20.6. The topological polar surface area (TPSA) is 118 Å². The first-order chi connectivity index (χ1) is 13.6. The number of aliphatic hydroxyl groups excluding tert-OH is 1. The van der Waals surface area contributed by atoms with Gasteiger partial charge in [0.1, 0.15) is 16.8 Å². The maximum atomic E-state index is 10.8. The van der Waals surface area contributed by atoms with Gasteiger partial charge in [0.15, 0.2) is 5.82 Å². The first kappa shape index (κ1) is 17.9. The van der Waals surface area contributed by atoms with Gasteiger partial charge in [0.25, 0.3) is 0 Å². The monoisotopic (exact) mass is 389 g/mol. The van der Waals surface area contributed by atoms with Crippen LogP contribution >= 0.6 is 11.3 Å². The van der Waals surface area contributed by atoms with Crippen molar-refractivity contribution in [3.63, 3.8) is 0 Å². The summed E-state index contributed by atoms with van der Waals surface area (Å²) in [6.07, 6.45) is 0.679. The number of hydrogen-bond donors (Lipinski definition) is 2. The Morgan fingerprint density at radius 1 is 1.21 bits per heavy atom. The lowest BCUT2D eigenvalue weighted by Gasteiger charge is -2.11. The summed E-state index contributed by atoms with van der Waals surface area (Å²) in [7, 11) is 1.51. The van der Waals surface area contributed by atoms with Gasteiger partial charge in [-0.2, -0.15) is 5.26 Å². The van der Waals surface area contributed by atoms with Crippen molar-refractivity contribution in [3.05, 3.63) is 64.7 Å². The van der Waals surface area contributed by atoms with Gasteiger partial charge in [0.05, 0.1) is 24.1 Å². The molecule has 7 nitrogen and oxygen atoms in total. The van der Waals surface area contributed by atoms with Crippen molar-refractivity contribution in [2.24, 2.45) is 0 Å². The standard InChI is InChI=1S/C20H15N5O2S/c1-27-19-13(6-3-7-23-19)16(26)15-9-14-17(22)24-18(25-20(14)28-15)12-5-2-4-11(8-12)10-21/h2-9,16,26H,1H3,(H2,22,24,25). The van der Waals surface area contributed by atoms with Crippen LogP contribution in [0.1, 0.15) is 22.1 Å². The molecule has 3 aromatic heterocycles. The Kier molecular flexibility index (Phi) is 4.61. The van der Waals surface area contributed by atoms with Crippen molar-refractivity contribution in [2.75, 3.05) is 12.8 Å². The van der Waals surface area contributed by atoms with Crippen LogP contribution < -0.4 is 10.5 Å². The molecule has 0 fully saturated rings. The molecule has 0 saturated carbocycles. The largest absolute Gasteiger partial charge is 0.481 e. The molecule has 3 N–H and O–H groups in total. The molecule has 0 radical (unpaired) electrons. The Bertz CT molecular complexity index is 1210. The quantitative estimate of drug-likeness (QED) is 0.550. The van der Waals surface area contributed by atoms with E-state index in [0.717, 1.165) is 0 Å². The Morgan fingerprint density at radius 3 is 2.86 bits per heavy atom. The summed E-state index contributed by atoms with van der Waals surface area (Å²) in [4.78, 5) is 14.4. The molecule has 0 bridgehead atoms. The number of anilines is 1. The SMILES string of the molecule is COc1ncccc1C(O)c1cc2c(N)nc(-c3cccc(C#N)c3)nc2s1. The minimum Gasteiger partial charge on any atom is -0.481 e. The Morgan fingerprint density at radius 2 is 2.07 bits per heavy atom. The first-order valence-corrected chi connectivity index (χ1v) is 9.17. The van der Waals surface area contributed by atoms with Gasteiger partial charge < -0.3 is 15.6 Å². The fourth-order valence-electron chi connectivity index (χ4n) is 2.89. The number of fused-ring (bicyclic) bond motifs is 1. The first-order valence-electron chi connectivity index (χ1n) is 8.35. The van der Waals surface area contributed by atoms with Gasteiger partial charge in [0.2, 0.25) is 5.88 Å². The zero-order valence-electron chi connectivity index (χ0n) is 14.8. The lowest BCUT2D eigenvalue weighted by molar-refractivity contribution is 0.217. The van der Waals surface area contributed by atoms with Crippen LogP contribution in [0, 0.1) is 11.3 Å². The smallest absolute Gasteiger partial charge is 0.219 e. The van der Waals surface area contributed by atoms with Crippen LogP contribution in [0.15, 0.2) is 48.7 Å². The third kappa shape index (κ3) is 3.13. The van der Waals surface area contributed by atoms with E-state index in [4.69, 9.17) is 15.7 Å². The minimum atomic E-state index is -0.924. The van der Waals surface area contributed by atoms with E-state index >= 15 is 0 Å². The number of hydrogen-bond acceptors (Lipinski definition) is 8. The van der Waals surface area contributed by atoms with Crippen LogP contribution in [0.2, 0.25) is 0 Å². The molecule has 0 spiro atoms. The number of aromatic nitrogens is 3. The molecule has 0 amide bonds. The van der Waals surface area contributed by atoms with Crippen LogP contribution in [0.4, 0.5) is 5.82 Å². The minimum absolute atomic E-state index is 0.315. The molecule has 138 valence electrons. The zero-order valence-corrected chi connectivity index (χ0v) is 15.6. The molecule has 28 heavy (non-hydrogen) atoms. The average Bonchev–Trinajstić information content (AvgIpc) is 3.18. The number of aliphatic hydroxyl groups is 1. The second kappa shape index (κ2) is 7.23. The number of ether oxygens (including phenoxy) is 1. The number of thiophene rings is 1. The van der Waals surface area contributed by atoms with E-state index in [0.29, 0.717) is 49.3 Å². The molecule has 4 rings (SSSR count). The highest BCUT2D eigenvalue weighted by Gasteiger charge is 2.20. The number of rotatable bonds is 4. The van der Waals surface area contributed by atoms with Gasteiger partial charge in [-0.15, -0.1) is 11.3 Å². The normalized spacial score (nSPS) is 11.9. The molecular weight excluding hydrogens is 374 g/mol. The molecule has 1 aromatic carbocycles. The Balaban J connectivity index is 1.79. The van der Waals surface area contributed by atoms with E-state index < -0.39 is 6.10 Å². The van der Waals surface area contributed by atoms with Gasteiger partial charge in [-0.1, -0.05) is 12.1 Å². The summed E-state index contributed by atoms with van der Waals surface area (Å²) in [6, 6.07) is 14.4. The van der Waals surface area contributed by atoms with Crippen molar-refractivity contribution in [1.29, 1.82) is 5.26 Å². The predicted molar refractivity (Wildman–Crippen MR) is 107 cm³/mol. The number of pyridine rings is 1. The van der Waals surface area contributed by atoms with Gasteiger partial charge in [0, 0.05) is 22.2 Å². The third-order valence-corrected chi connectivity index (χ3v) is 5.33. The van der Waals surface area contributed by atoms with Crippen LogP contribution in [-0.4, -0.2) is 27.2 Å². The molecule has 0 saturated heterocycles. The molecule has 8 heteroatoms. The van der Waals surface area contributed by atoms with Crippen LogP contribution in [0.5, 0.6) is 5.88 Å². The number of nitrogen functional groups attached to an aromatic ring is 1. The number of nitriles is 1. The molecule has 0 aliphatic heterocycles. The third-order valence-electron chi connectivity index (χ3n) is 4.25. The molecule has 3 heterocycles. The number of nitrogens with zero attached hydrogens (tertiary/aromatic N) is 4. The molecule has 4 aromatic rings. The van der Waals surface area contributed by atoms with Gasteiger partial charge >= 0.3 is 0 Å². The second-order valence-electron chi connectivity index (χ2n) is 6.00. The highest BCUT2D eigenvalue weighted by Crippen LogP contribution is 2.37. The van der Waals surface area contributed by atoms with Gasteiger partial charge in [-0.25, -0.2) is 15.0 Å². The fourth-order valence-corrected chi connectivity index (χ4v) is 3.93. The average molecular weight is 389 g/mol. The van der Waals surface area contributed by atoms with Crippen LogP contribution in [0.3, 0.4) is 0 Å². The van der Waals surface area contributed by atoms with Gasteiger partial charge in [-0.3, -0.25) is 0 Å². The lowest BCUT2D eigenvalue weighted by atomic mass is 10.1. The van der Waals surface area contributed by atoms with Crippen molar-refractivity contribution >= 4 is 27.4 Å². The van der Waals surface area contributed by atoms with E-state index in [9.17, 15) is 5.11 Å². The molecule has 0 aliphatic rings. The van der Waals surface area contributed by atoms with E-state index in [1.807, 2.05) is 6.07 Å². The second-order valence-corrected chi connectivity index (χ2v) is 7.06. The van der Waals surface area contributed by atoms with Crippen molar-refractivity contribution < 1.29 is 9.84 Å². The fraction of sp³-hybridized carbons (Fsp3) is 0.100. The van der Waals surface area contributed by atoms with E-state index in [1.54, 1.807) is 42.6 Å². The molecule has 1 unspecified atom stereocenters. The summed E-state index contributed by atoms with van der Waals surface area (Å²) in [5.74, 6) is 1.11. The number of nitrogens with two attached hydrogens (primary N) is 1. The molecular formula is C20H15N5O2S. The van der Waals surface area contributed by atoms with E-state index in [-0.39, 0.29) is 0 Å². The predicted octanol–water partition coefficient (Wildman–Crippen LogP) is 3.30. The number of benzene rings is 1. The van der Waals surface area contributed by atoms with Crippen molar-refractivity contribution in [1.82, 2.24) is 15.0 Å². The lowest BCUT2D eigenvalue weighted by Crippen LogP contribution is -2.01. The van der Waals surface area contributed by atoms with Gasteiger partial charge in [-0.05, 0) is 30.3 Å². The zero-order chi connectivity index (χ0) is 19.7.